The molecule has 0 radical (unpaired) electrons. The standard InChI is InChI=1S/C21H22BrN3O4S/c1-2-28-18-9-5-15(6-10-18)20-23-21(29-24-20)16-4-3-13-25(14-16)30(26,27)19-11-7-17(22)8-12-19/h5-12,16H,2-4,13-14H2,1H3/t16-/m0/s1. The van der Waals surface area contributed by atoms with Gasteiger partial charge >= 0.3 is 0 Å². The lowest BCUT2D eigenvalue weighted by Crippen LogP contribution is -2.39. The fraction of sp³-hybridized carbons (Fsp3) is 0.333. The van der Waals surface area contributed by atoms with Crippen LogP contribution in [0.4, 0.5) is 0 Å². The zero-order valence-corrected chi connectivity index (χ0v) is 18.9. The molecule has 0 aliphatic carbocycles. The fourth-order valence-corrected chi connectivity index (χ4v) is 5.29. The fourth-order valence-electron chi connectivity index (χ4n) is 3.50. The number of hydrogen-bond acceptors (Lipinski definition) is 6. The summed E-state index contributed by atoms with van der Waals surface area (Å²) < 4.78 is 39.3. The molecule has 1 aliphatic heterocycles. The minimum atomic E-state index is -3.57. The normalized spacial score (nSPS) is 17.7. The van der Waals surface area contributed by atoms with Gasteiger partial charge in [0, 0.05) is 23.1 Å². The van der Waals surface area contributed by atoms with Gasteiger partial charge in [-0.2, -0.15) is 9.29 Å². The zero-order chi connectivity index (χ0) is 21.1. The minimum absolute atomic E-state index is 0.132. The second-order valence-corrected chi connectivity index (χ2v) is 9.92. The molecule has 0 bridgehead atoms. The van der Waals surface area contributed by atoms with Gasteiger partial charge in [-0.05, 0) is 68.3 Å². The number of nitrogens with zero attached hydrogens (tertiary/aromatic N) is 3. The maximum absolute atomic E-state index is 13.0. The number of aromatic nitrogens is 2. The number of hydrogen-bond donors (Lipinski definition) is 0. The Balaban J connectivity index is 1.50. The largest absolute Gasteiger partial charge is 0.494 e. The van der Waals surface area contributed by atoms with Crippen molar-refractivity contribution in [3.63, 3.8) is 0 Å². The van der Waals surface area contributed by atoms with Crippen molar-refractivity contribution >= 4 is 26.0 Å². The van der Waals surface area contributed by atoms with Crippen LogP contribution < -0.4 is 4.74 Å². The third-order valence-electron chi connectivity index (χ3n) is 5.05. The maximum Gasteiger partial charge on any atom is 0.243 e. The highest BCUT2D eigenvalue weighted by molar-refractivity contribution is 9.10. The third kappa shape index (κ3) is 4.43. The van der Waals surface area contributed by atoms with Crippen LogP contribution in [-0.4, -0.2) is 42.6 Å². The molecule has 1 aliphatic rings. The molecule has 158 valence electrons. The number of sulfonamides is 1. The second kappa shape index (κ2) is 8.87. The average molecular weight is 492 g/mol. The van der Waals surface area contributed by atoms with Gasteiger partial charge < -0.3 is 9.26 Å². The van der Waals surface area contributed by atoms with Gasteiger partial charge in [-0.25, -0.2) is 8.42 Å². The van der Waals surface area contributed by atoms with Gasteiger partial charge in [-0.1, -0.05) is 21.1 Å². The minimum Gasteiger partial charge on any atom is -0.494 e. The maximum atomic E-state index is 13.0. The van der Waals surface area contributed by atoms with Crippen molar-refractivity contribution < 1.29 is 17.7 Å². The molecule has 7 nitrogen and oxygen atoms in total. The van der Waals surface area contributed by atoms with Crippen LogP contribution in [0.5, 0.6) is 5.75 Å². The Morgan fingerprint density at radius 3 is 2.60 bits per heavy atom. The summed E-state index contributed by atoms with van der Waals surface area (Å²) in [5.41, 5.74) is 0.823. The van der Waals surface area contributed by atoms with Gasteiger partial charge in [0.1, 0.15) is 5.75 Å². The summed E-state index contributed by atoms with van der Waals surface area (Å²) in [6.07, 6.45) is 1.54. The van der Waals surface area contributed by atoms with E-state index < -0.39 is 10.0 Å². The number of halogens is 1. The predicted octanol–water partition coefficient (Wildman–Crippen LogP) is 4.47. The van der Waals surface area contributed by atoms with Crippen molar-refractivity contribution in [3.8, 4) is 17.1 Å². The molecule has 30 heavy (non-hydrogen) atoms. The van der Waals surface area contributed by atoms with Gasteiger partial charge in [0.05, 0.1) is 17.4 Å². The summed E-state index contributed by atoms with van der Waals surface area (Å²) in [7, 11) is -3.57. The molecule has 0 saturated carbocycles. The Kier molecular flexibility index (Phi) is 6.21. The van der Waals surface area contributed by atoms with E-state index in [-0.39, 0.29) is 10.8 Å². The Morgan fingerprint density at radius 2 is 1.90 bits per heavy atom. The summed E-state index contributed by atoms with van der Waals surface area (Å²) in [4.78, 5) is 4.82. The SMILES string of the molecule is CCOc1ccc(-c2noc([C@H]3CCCN(S(=O)(=O)c4ccc(Br)cc4)C3)n2)cc1. The topological polar surface area (TPSA) is 85.5 Å². The van der Waals surface area contributed by atoms with Crippen molar-refractivity contribution in [1.29, 1.82) is 0 Å². The van der Waals surface area contributed by atoms with Crippen LogP contribution in [0.25, 0.3) is 11.4 Å². The first kappa shape index (κ1) is 21.0. The van der Waals surface area contributed by atoms with Crippen LogP contribution in [0.1, 0.15) is 31.6 Å². The molecule has 0 spiro atoms. The molecule has 0 amide bonds. The van der Waals surface area contributed by atoms with Crippen molar-refractivity contribution in [2.75, 3.05) is 19.7 Å². The highest BCUT2D eigenvalue weighted by atomic mass is 79.9. The van der Waals surface area contributed by atoms with Crippen molar-refractivity contribution in [1.82, 2.24) is 14.4 Å². The van der Waals surface area contributed by atoms with E-state index in [1.165, 1.54) is 4.31 Å². The highest BCUT2D eigenvalue weighted by Crippen LogP contribution is 2.31. The molecule has 0 unspecified atom stereocenters. The van der Waals surface area contributed by atoms with E-state index in [2.05, 4.69) is 26.1 Å². The molecule has 2 heterocycles. The van der Waals surface area contributed by atoms with Crippen LogP contribution >= 0.6 is 15.9 Å². The molecule has 1 fully saturated rings. The van der Waals surface area contributed by atoms with Gasteiger partial charge in [0.2, 0.25) is 21.7 Å². The smallest absolute Gasteiger partial charge is 0.243 e. The summed E-state index contributed by atoms with van der Waals surface area (Å²) in [5, 5.41) is 4.09. The molecule has 2 aromatic carbocycles. The van der Waals surface area contributed by atoms with Gasteiger partial charge in [-0.15, -0.1) is 0 Å². The molecule has 3 aromatic rings. The summed E-state index contributed by atoms with van der Waals surface area (Å²) in [6, 6.07) is 14.2. The van der Waals surface area contributed by atoms with E-state index in [0.717, 1.165) is 28.6 Å². The van der Waals surface area contributed by atoms with E-state index in [1.54, 1.807) is 24.3 Å². The average Bonchev–Trinajstić information content (AvgIpc) is 3.25. The van der Waals surface area contributed by atoms with Crippen molar-refractivity contribution in [2.24, 2.45) is 0 Å². The Bertz CT molecular complexity index is 1100. The van der Waals surface area contributed by atoms with Crippen LogP contribution in [0.3, 0.4) is 0 Å². The van der Waals surface area contributed by atoms with Crippen molar-refractivity contribution in [3.05, 3.63) is 58.9 Å². The number of ether oxygens (including phenoxy) is 1. The molecular weight excluding hydrogens is 470 g/mol. The molecule has 1 saturated heterocycles. The van der Waals surface area contributed by atoms with Crippen LogP contribution in [0.15, 0.2) is 62.4 Å². The Morgan fingerprint density at radius 1 is 1.17 bits per heavy atom. The van der Waals surface area contributed by atoms with E-state index in [1.807, 2.05) is 31.2 Å². The van der Waals surface area contributed by atoms with Gasteiger partial charge in [-0.3, -0.25) is 0 Å². The van der Waals surface area contributed by atoms with Crippen molar-refractivity contribution in [2.45, 2.75) is 30.6 Å². The zero-order valence-electron chi connectivity index (χ0n) is 16.5. The van der Waals surface area contributed by atoms with Gasteiger partial charge in [0.25, 0.3) is 0 Å². The predicted molar refractivity (Wildman–Crippen MR) is 116 cm³/mol. The first-order valence-electron chi connectivity index (χ1n) is 9.80. The van der Waals surface area contributed by atoms with E-state index in [9.17, 15) is 8.42 Å². The molecular formula is C21H22BrN3O4S. The Labute approximate surface area is 184 Å². The van der Waals surface area contributed by atoms with Crippen LogP contribution in [0, 0.1) is 0 Å². The quantitative estimate of drug-likeness (QED) is 0.505. The highest BCUT2D eigenvalue weighted by Gasteiger charge is 2.33. The van der Waals surface area contributed by atoms with E-state index in [0.29, 0.717) is 31.4 Å². The lowest BCUT2D eigenvalue weighted by molar-refractivity contribution is 0.265. The summed E-state index contributed by atoms with van der Waals surface area (Å²) >= 11 is 3.34. The van der Waals surface area contributed by atoms with E-state index >= 15 is 0 Å². The van der Waals surface area contributed by atoms with Gasteiger partial charge in [0.15, 0.2) is 0 Å². The second-order valence-electron chi connectivity index (χ2n) is 7.07. The molecule has 0 N–H and O–H groups in total. The Hall–Kier alpha value is -2.23. The molecule has 1 atom stereocenters. The van der Waals surface area contributed by atoms with E-state index in [4.69, 9.17) is 9.26 Å². The first-order chi connectivity index (χ1) is 14.5. The first-order valence-corrected chi connectivity index (χ1v) is 12.0. The molecule has 1 aromatic heterocycles. The molecule has 9 heteroatoms. The lowest BCUT2D eigenvalue weighted by Gasteiger charge is -2.30. The summed E-state index contributed by atoms with van der Waals surface area (Å²) in [6.45, 7) is 3.34. The molecule has 4 rings (SSSR count). The lowest BCUT2D eigenvalue weighted by atomic mass is 10.00. The number of benzene rings is 2. The van der Waals surface area contributed by atoms with Crippen LogP contribution in [-0.2, 0) is 10.0 Å². The van der Waals surface area contributed by atoms with Crippen LogP contribution in [0.2, 0.25) is 0 Å². The number of rotatable bonds is 6. The number of piperidine rings is 1. The third-order valence-corrected chi connectivity index (χ3v) is 7.46. The summed E-state index contributed by atoms with van der Waals surface area (Å²) in [5.74, 6) is 1.61. The monoisotopic (exact) mass is 491 g/mol.